The van der Waals surface area contributed by atoms with Crippen molar-refractivity contribution in [3.8, 4) is 5.75 Å². The Morgan fingerprint density at radius 2 is 2.19 bits per heavy atom. The van der Waals surface area contributed by atoms with Gasteiger partial charge in [-0.25, -0.2) is 0 Å². The van der Waals surface area contributed by atoms with Crippen molar-refractivity contribution in [3.63, 3.8) is 0 Å². The van der Waals surface area contributed by atoms with Gasteiger partial charge < -0.3 is 15.2 Å². The van der Waals surface area contributed by atoms with E-state index in [0.29, 0.717) is 0 Å². The van der Waals surface area contributed by atoms with Crippen LogP contribution in [0.2, 0.25) is 0 Å². The predicted molar refractivity (Wildman–Crippen MR) is 86.0 cm³/mol. The number of carbonyl (C=O) groups is 1. The average molecular weight is 309 g/mol. The van der Waals surface area contributed by atoms with Crippen LogP contribution in [0.25, 0.3) is 0 Å². The van der Waals surface area contributed by atoms with Crippen molar-refractivity contribution in [2.45, 2.75) is 37.5 Å². The molecule has 0 spiro atoms. The SMILES string of the molecule is CSC(CO)C(C)NC(=O)COc1ccc2c(c1)CCC2. The molecule has 1 aliphatic rings. The highest BCUT2D eigenvalue weighted by molar-refractivity contribution is 7.99. The number of amides is 1. The highest BCUT2D eigenvalue weighted by atomic mass is 32.2. The van der Waals surface area contributed by atoms with Crippen LogP contribution in [0.3, 0.4) is 0 Å². The fourth-order valence-electron chi connectivity index (χ4n) is 2.61. The van der Waals surface area contributed by atoms with Crippen molar-refractivity contribution in [1.29, 1.82) is 0 Å². The van der Waals surface area contributed by atoms with Gasteiger partial charge in [-0.2, -0.15) is 11.8 Å². The first-order valence-corrected chi connectivity index (χ1v) is 8.60. The van der Waals surface area contributed by atoms with E-state index in [0.717, 1.165) is 18.6 Å². The number of benzene rings is 1. The van der Waals surface area contributed by atoms with E-state index in [2.05, 4.69) is 11.4 Å². The minimum Gasteiger partial charge on any atom is -0.484 e. The topological polar surface area (TPSA) is 58.6 Å². The van der Waals surface area contributed by atoms with Crippen molar-refractivity contribution in [1.82, 2.24) is 5.32 Å². The summed E-state index contributed by atoms with van der Waals surface area (Å²) in [5.74, 6) is 0.595. The van der Waals surface area contributed by atoms with Crippen LogP contribution in [0.1, 0.15) is 24.5 Å². The molecule has 0 bridgehead atoms. The van der Waals surface area contributed by atoms with E-state index < -0.39 is 0 Å². The molecule has 0 fully saturated rings. The van der Waals surface area contributed by atoms with Crippen LogP contribution in [0.4, 0.5) is 0 Å². The number of aliphatic hydroxyl groups excluding tert-OH is 1. The number of carbonyl (C=O) groups excluding carboxylic acids is 1. The molecule has 0 aromatic heterocycles. The lowest BCUT2D eigenvalue weighted by molar-refractivity contribution is -0.123. The van der Waals surface area contributed by atoms with Crippen LogP contribution in [0.5, 0.6) is 5.75 Å². The van der Waals surface area contributed by atoms with Crippen LogP contribution in [0, 0.1) is 0 Å². The standard InChI is InChI=1S/C16H23NO3S/c1-11(15(9-18)21-2)17-16(19)10-20-14-7-6-12-4-3-5-13(12)8-14/h6-8,11,15,18H,3-5,9-10H2,1-2H3,(H,17,19). The van der Waals surface area contributed by atoms with E-state index in [9.17, 15) is 9.90 Å². The lowest BCUT2D eigenvalue weighted by Crippen LogP contribution is -2.43. The summed E-state index contributed by atoms with van der Waals surface area (Å²) in [4.78, 5) is 11.9. The predicted octanol–water partition coefficient (Wildman–Crippen LogP) is 1.78. The number of thioether (sulfide) groups is 1. The van der Waals surface area contributed by atoms with Crippen LogP contribution >= 0.6 is 11.8 Å². The Bertz CT molecular complexity index is 488. The van der Waals surface area contributed by atoms with Crippen molar-refractivity contribution in [2.24, 2.45) is 0 Å². The van der Waals surface area contributed by atoms with Gasteiger partial charge in [-0.05, 0) is 55.7 Å². The lowest BCUT2D eigenvalue weighted by Gasteiger charge is -2.21. The van der Waals surface area contributed by atoms with Crippen molar-refractivity contribution >= 4 is 17.7 Å². The van der Waals surface area contributed by atoms with Crippen molar-refractivity contribution in [3.05, 3.63) is 29.3 Å². The molecule has 1 aromatic rings. The maximum Gasteiger partial charge on any atom is 0.258 e. The Labute approximate surface area is 130 Å². The molecule has 2 atom stereocenters. The number of hydrogen-bond acceptors (Lipinski definition) is 4. The second-order valence-corrected chi connectivity index (χ2v) is 6.46. The normalized spacial score (nSPS) is 16.1. The highest BCUT2D eigenvalue weighted by Gasteiger charge is 2.18. The number of aryl methyl sites for hydroxylation is 2. The first-order valence-electron chi connectivity index (χ1n) is 7.31. The van der Waals surface area contributed by atoms with E-state index in [1.165, 1.54) is 17.5 Å². The number of nitrogens with one attached hydrogen (secondary N) is 1. The highest BCUT2D eigenvalue weighted by Crippen LogP contribution is 2.25. The Morgan fingerprint density at radius 3 is 2.90 bits per heavy atom. The molecule has 1 amide bonds. The van der Waals surface area contributed by atoms with E-state index in [4.69, 9.17) is 4.74 Å². The Morgan fingerprint density at radius 1 is 1.43 bits per heavy atom. The molecule has 4 nitrogen and oxygen atoms in total. The van der Waals surface area contributed by atoms with Gasteiger partial charge in [0, 0.05) is 11.3 Å². The summed E-state index contributed by atoms with van der Waals surface area (Å²) in [5, 5.41) is 12.1. The smallest absolute Gasteiger partial charge is 0.258 e. The summed E-state index contributed by atoms with van der Waals surface area (Å²) in [6, 6.07) is 5.98. The molecule has 0 radical (unpaired) electrons. The number of hydrogen-bond donors (Lipinski definition) is 2. The van der Waals surface area contributed by atoms with Gasteiger partial charge in [0.1, 0.15) is 5.75 Å². The van der Waals surface area contributed by atoms with E-state index >= 15 is 0 Å². The largest absolute Gasteiger partial charge is 0.484 e. The molecule has 0 heterocycles. The van der Waals surface area contributed by atoms with Gasteiger partial charge in [-0.15, -0.1) is 0 Å². The van der Waals surface area contributed by atoms with Gasteiger partial charge in [0.15, 0.2) is 6.61 Å². The lowest BCUT2D eigenvalue weighted by atomic mass is 10.1. The molecule has 21 heavy (non-hydrogen) atoms. The summed E-state index contributed by atoms with van der Waals surface area (Å²) in [6.07, 6.45) is 5.37. The molecule has 116 valence electrons. The van der Waals surface area contributed by atoms with Gasteiger partial charge in [-0.1, -0.05) is 6.07 Å². The number of ether oxygens (including phenoxy) is 1. The third-order valence-electron chi connectivity index (χ3n) is 3.87. The number of rotatable bonds is 7. The molecule has 2 unspecified atom stereocenters. The number of aliphatic hydroxyl groups is 1. The van der Waals surface area contributed by atoms with Gasteiger partial charge in [0.2, 0.25) is 0 Å². The molecule has 2 N–H and O–H groups in total. The third kappa shape index (κ3) is 4.38. The Balaban J connectivity index is 1.81. The van der Waals surface area contributed by atoms with Crippen LogP contribution in [-0.2, 0) is 17.6 Å². The third-order valence-corrected chi connectivity index (χ3v) is 5.03. The second kappa shape index (κ2) is 7.71. The van der Waals surface area contributed by atoms with E-state index in [1.807, 2.05) is 25.3 Å². The minimum atomic E-state index is -0.157. The quantitative estimate of drug-likeness (QED) is 0.806. The Hall–Kier alpha value is -1.20. The molecular formula is C16H23NO3S. The van der Waals surface area contributed by atoms with Crippen LogP contribution < -0.4 is 10.1 Å². The van der Waals surface area contributed by atoms with Gasteiger partial charge in [-0.3, -0.25) is 4.79 Å². The Kier molecular flexibility index (Phi) is 5.94. The first kappa shape index (κ1) is 16.2. The maximum atomic E-state index is 11.9. The van der Waals surface area contributed by atoms with Crippen LogP contribution in [0.15, 0.2) is 18.2 Å². The molecular weight excluding hydrogens is 286 g/mol. The second-order valence-electron chi connectivity index (χ2n) is 5.39. The average Bonchev–Trinajstić information content (AvgIpc) is 2.93. The zero-order valence-corrected chi connectivity index (χ0v) is 13.4. The van der Waals surface area contributed by atoms with Crippen molar-refractivity contribution < 1.29 is 14.6 Å². The first-order chi connectivity index (χ1) is 10.1. The van der Waals surface area contributed by atoms with E-state index in [1.54, 1.807) is 11.8 Å². The molecule has 2 rings (SSSR count). The summed E-state index contributed by atoms with van der Waals surface area (Å²) in [7, 11) is 0. The summed E-state index contributed by atoms with van der Waals surface area (Å²) >= 11 is 1.54. The number of fused-ring (bicyclic) bond motifs is 1. The molecule has 5 heteroatoms. The van der Waals surface area contributed by atoms with Crippen LogP contribution in [-0.4, -0.2) is 41.8 Å². The summed E-state index contributed by atoms with van der Waals surface area (Å²) < 4.78 is 5.56. The maximum absolute atomic E-state index is 11.9. The molecule has 0 aliphatic heterocycles. The van der Waals surface area contributed by atoms with E-state index in [-0.39, 0.29) is 30.4 Å². The zero-order chi connectivity index (χ0) is 15.2. The molecule has 1 aliphatic carbocycles. The van der Waals surface area contributed by atoms with Crippen molar-refractivity contribution in [2.75, 3.05) is 19.5 Å². The summed E-state index contributed by atoms with van der Waals surface area (Å²) in [6.45, 7) is 1.95. The molecule has 1 aromatic carbocycles. The minimum absolute atomic E-state index is 0.00828. The van der Waals surface area contributed by atoms with Gasteiger partial charge >= 0.3 is 0 Å². The van der Waals surface area contributed by atoms with Gasteiger partial charge in [0.25, 0.3) is 5.91 Å². The fourth-order valence-corrected chi connectivity index (χ4v) is 3.24. The zero-order valence-electron chi connectivity index (χ0n) is 12.6. The van der Waals surface area contributed by atoms with Gasteiger partial charge in [0.05, 0.1) is 6.61 Å². The fraction of sp³-hybridized carbons (Fsp3) is 0.562. The molecule has 0 saturated carbocycles. The molecule has 0 saturated heterocycles. The monoisotopic (exact) mass is 309 g/mol. The summed E-state index contributed by atoms with van der Waals surface area (Å²) in [5.41, 5.74) is 2.73.